The maximum absolute atomic E-state index is 9.20. The third kappa shape index (κ3) is 15.0. The Labute approximate surface area is 159 Å². The van der Waals surface area contributed by atoms with Crippen molar-refractivity contribution in [1.82, 2.24) is 0 Å². The van der Waals surface area contributed by atoms with Gasteiger partial charge in [-0.2, -0.15) is 11.8 Å². The van der Waals surface area contributed by atoms with Crippen LogP contribution in [0, 0.1) is 5.41 Å². The Morgan fingerprint density at radius 2 is 1.16 bits per heavy atom. The molecule has 0 heterocycles. The van der Waals surface area contributed by atoms with Crippen LogP contribution in [0.15, 0.2) is 0 Å². The molecule has 0 aliphatic heterocycles. The second-order valence-corrected chi connectivity index (χ2v) is 8.40. The molecule has 0 bridgehead atoms. The molecule has 0 aliphatic carbocycles. The highest BCUT2D eigenvalue weighted by Crippen LogP contribution is 2.16. The highest BCUT2D eigenvalue weighted by atomic mass is 32.2. The molecule has 0 amide bonds. The molecule has 152 valence electrons. The third-order valence-corrected chi connectivity index (χ3v) is 5.79. The van der Waals surface area contributed by atoms with E-state index in [1.807, 2.05) is 11.8 Å². The Kier molecular flexibility index (Phi) is 19.1. The number of hydrogen-bond acceptors (Lipinski definition) is 5. The predicted molar refractivity (Wildman–Crippen MR) is 108 cm³/mol. The van der Waals surface area contributed by atoms with Gasteiger partial charge in [-0.15, -0.1) is 0 Å². The van der Waals surface area contributed by atoms with Gasteiger partial charge in [0.25, 0.3) is 0 Å². The molecule has 0 aliphatic rings. The van der Waals surface area contributed by atoms with Gasteiger partial charge in [0.2, 0.25) is 0 Å². The fourth-order valence-electron chi connectivity index (χ4n) is 2.63. The molecule has 5 heteroatoms. The van der Waals surface area contributed by atoms with E-state index >= 15 is 0 Å². The first kappa shape index (κ1) is 25.2. The van der Waals surface area contributed by atoms with Gasteiger partial charge in [-0.3, -0.25) is 0 Å². The van der Waals surface area contributed by atoms with Crippen LogP contribution in [0.4, 0.5) is 0 Å². The molecule has 0 aromatic carbocycles. The van der Waals surface area contributed by atoms with Crippen LogP contribution in [0.2, 0.25) is 0 Å². The Hall–Kier alpha value is 0.190. The molecule has 4 nitrogen and oxygen atoms in total. The van der Waals surface area contributed by atoms with E-state index in [4.69, 9.17) is 4.74 Å². The minimum absolute atomic E-state index is 0.208. The Morgan fingerprint density at radius 1 is 0.680 bits per heavy atom. The molecular weight excluding hydrogens is 336 g/mol. The van der Waals surface area contributed by atoms with Crippen LogP contribution in [0.5, 0.6) is 0 Å². The normalized spacial score (nSPS) is 12.0. The number of hydrogen-bond donors (Lipinski definition) is 3. The van der Waals surface area contributed by atoms with Crippen molar-refractivity contribution < 1.29 is 20.1 Å². The number of aliphatic hydroxyl groups excluding tert-OH is 3. The summed E-state index contributed by atoms with van der Waals surface area (Å²) in [5, 5.41) is 27.6. The molecule has 0 saturated carbocycles. The highest BCUT2D eigenvalue weighted by molar-refractivity contribution is 7.99. The zero-order chi connectivity index (χ0) is 18.6. The summed E-state index contributed by atoms with van der Waals surface area (Å²) in [6.07, 6.45) is 14.8. The van der Waals surface area contributed by atoms with Gasteiger partial charge in [0, 0.05) is 6.61 Å². The fourth-order valence-corrected chi connectivity index (χ4v) is 3.57. The van der Waals surface area contributed by atoms with Crippen LogP contribution in [-0.2, 0) is 4.74 Å². The van der Waals surface area contributed by atoms with E-state index in [0.29, 0.717) is 6.61 Å². The van der Waals surface area contributed by atoms with Crippen molar-refractivity contribution in [3.63, 3.8) is 0 Å². The first-order valence-corrected chi connectivity index (χ1v) is 11.4. The van der Waals surface area contributed by atoms with Gasteiger partial charge in [0.1, 0.15) is 0 Å². The Bertz CT molecular complexity index is 252. The first-order valence-electron chi connectivity index (χ1n) is 10.2. The molecule has 3 N–H and O–H groups in total. The van der Waals surface area contributed by atoms with E-state index in [1.54, 1.807) is 0 Å². The second kappa shape index (κ2) is 19.0. The molecule has 0 unspecified atom stereocenters. The van der Waals surface area contributed by atoms with E-state index in [2.05, 4.69) is 6.92 Å². The molecule has 0 rings (SSSR count). The van der Waals surface area contributed by atoms with E-state index in [-0.39, 0.29) is 26.4 Å². The quantitative estimate of drug-likeness (QED) is 0.279. The molecule has 0 aromatic rings. The van der Waals surface area contributed by atoms with E-state index in [1.165, 1.54) is 70.0 Å². The molecule has 0 atom stereocenters. The van der Waals surface area contributed by atoms with E-state index in [9.17, 15) is 15.3 Å². The Morgan fingerprint density at radius 3 is 1.68 bits per heavy atom. The van der Waals surface area contributed by atoms with Crippen LogP contribution < -0.4 is 0 Å². The lowest BCUT2D eigenvalue weighted by molar-refractivity contribution is -0.0574. The van der Waals surface area contributed by atoms with Crippen LogP contribution in [0.1, 0.15) is 77.6 Å². The summed E-state index contributed by atoms with van der Waals surface area (Å²) >= 11 is 1.98. The van der Waals surface area contributed by atoms with Crippen molar-refractivity contribution >= 4 is 11.8 Å². The van der Waals surface area contributed by atoms with E-state index < -0.39 is 5.41 Å². The molecule has 0 saturated heterocycles. The van der Waals surface area contributed by atoms with Gasteiger partial charge in [-0.1, -0.05) is 64.7 Å². The number of aliphatic hydroxyl groups is 3. The summed E-state index contributed by atoms with van der Waals surface area (Å²) in [7, 11) is 0. The third-order valence-electron chi connectivity index (χ3n) is 4.63. The largest absolute Gasteiger partial charge is 0.396 e. The SMILES string of the molecule is CCCCCCCCCCCCSCCCOCC(CO)(CO)CO. The zero-order valence-electron chi connectivity index (χ0n) is 16.4. The lowest BCUT2D eigenvalue weighted by atomic mass is 9.93. The molecular formula is C20H42O4S. The minimum atomic E-state index is -0.900. The van der Waals surface area contributed by atoms with Crippen molar-refractivity contribution in [2.24, 2.45) is 5.41 Å². The van der Waals surface area contributed by atoms with Crippen molar-refractivity contribution in [1.29, 1.82) is 0 Å². The van der Waals surface area contributed by atoms with Gasteiger partial charge in [-0.25, -0.2) is 0 Å². The van der Waals surface area contributed by atoms with Crippen molar-refractivity contribution in [3.05, 3.63) is 0 Å². The van der Waals surface area contributed by atoms with Gasteiger partial charge in [0.15, 0.2) is 0 Å². The average Bonchev–Trinajstić information content (AvgIpc) is 2.65. The fraction of sp³-hybridized carbons (Fsp3) is 1.00. The number of ether oxygens (including phenoxy) is 1. The van der Waals surface area contributed by atoms with Gasteiger partial charge >= 0.3 is 0 Å². The lowest BCUT2D eigenvalue weighted by Crippen LogP contribution is -2.38. The average molecular weight is 379 g/mol. The monoisotopic (exact) mass is 378 g/mol. The molecule has 0 spiro atoms. The smallest absolute Gasteiger partial charge is 0.0629 e. The lowest BCUT2D eigenvalue weighted by Gasteiger charge is -2.26. The highest BCUT2D eigenvalue weighted by Gasteiger charge is 2.28. The van der Waals surface area contributed by atoms with Crippen molar-refractivity contribution in [2.75, 3.05) is 44.5 Å². The van der Waals surface area contributed by atoms with Crippen LogP contribution in [0.3, 0.4) is 0 Å². The number of unbranched alkanes of at least 4 members (excludes halogenated alkanes) is 9. The summed E-state index contributed by atoms with van der Waals surface area (Å²) < 4.78 is 5.49. The summed E-state index contributed by atoms with van der Waals surface area (Å²) in [5.74, 6) is 2.31. The standard InChI is InChI=1S/C20H42O4S/c1-2-3-4-5-6-7-8-9-10-11-14-25-15-12-13-24-19-20(16-21,17-22)18-23/h21-23H,2-19H2,1H3. The van der Waals surface area contributed by atoms with Crippen LogP contribution in [0.25, 0.3) is 0 Å². The summed E-state index contributed by atoms with van der Waals surface area (Å²) in [5.41, 5.74) is -0.900. The van der Waals surface area contributed by atoms with Gasteiger partial charge in [0.05, 0.1) is 31.8 Å². The second-order valence-electron chi connectivity index (χ2n) is 7.17. The van der Waals surface area contributed by atoms with E-state index in [0.717, 1.165) is 12.2 Å². The minimum Gasteiger partial charge on any atom is -0.396 e. The van der Waals surface area contributed by atoms with Gasteiger partial charge in [-0.05, 0) is 24.3 Å². The maximum Gasteiger partial charge on any atom is 0.0629 e. The zero-order valence-corrected chi connectivity index (χ0v) is 17.2. The van der Waals surface area contributed by atoms with Crippen molar-refractivity contribution in [2.45, 2.75) is 77.6 Å². The molecule has 0 fully saturated rings. The predicted octanol–water partition coefficient (Wildman–Crippen LogP) is 4.01. The Balaban J connectivity index is 3.21. The summed E-state index contributed by atoms with van der Waals surface area (Å²) in [4.78, 5) is 0. The van der Waals surface area contributed by atoms with Gasteiger partial charge < -0.3 is 20.1 Å². The maximum atomic E-state index is 9.20. The summed E-state index contributed by atoms with van der Waals surface area (Å²) in [6, 6.07) is 0. The summed E-state index contributed by atoms with van der Waals surface area (Å²) in [6.45, 7) is 2.32. The molecule has 0 radical (unpaired) electrons. The molecule has 25 heavy (non-hydrogen) atoms. The number of thioether (sulfide) groups is 1. The molecule has 0 aromatic heterocycles. The van der Waals surface area contributed by atoms with Crippen LogP contribution >= 0.6 is 11.8 Å². The number of rotatable bonds is 20. The van der Waals surface area contributed by atoms with Crippen LogP contribution in [-0.4, -0.2) is 59.9 Å². The topological polar surface area (TPSA) is 69.9 Å². The van der Waals surface area contributed by atoms with Crippen molar-refractivity contribution in [3.8, 4) is 0 Å². The first-order chi connectivity index (χ1) is 12.2.